The van der Waals surface area contributed by atoms with Gasteiger partial charge >= 0.3 is 5.71 Å². The van der Waals surface area contributed by atoms with Gasteiger partial charge in [0.05, 0.1) is 5.56 Å². The highest BCUT2D eigenvalue weighted by Crippen LogP contribution is 2.36. The summed E-state index contributed by atoms with van der Waals surface area (Å²) in [7, 11) is 0. The summed E-state index contributed by atoms with van der Waals surface area (Å²) in [6, 6.07) is 7.59. The van der Waals surface area contributed by atoms with Crippen molar-refractivity contribution >= 4 is 17.1 Å². The van der Waals surface area contributed by atoms with Crippen molar-refractivity contribution in [3.63, 3.8) is 0 Å². The molecule has 0 amide bonds. The quantitative estimate of drug-likeness (QED) is 0.475. The van der Waals surface area contributed by atoms with Crippen LogP contribution in [0, 0.1) is 0 Å². The minimum absolute atomic E-state index is 0.0153. The van der Waals surface area contributed by atoms with Crippen LogP contribution in [-0.4, -0.2) is 16.3 Å². The molecule has 0 saturated heterocycles. The van der Waals surface area contributed by atoms with Gasteiger partial charge in [-0.05, 0) is 11.6 Å². The molecule has 0 atom stereocenters. The van der Waals surface area contributed by atoms with Gasteiger partial charge in [0.2, 0.25) is 0 Å². The molecule has 0 bridgehead atoms. The highest BCUT2D eigenvalue weighted by molar-refractivity contribution is 6.37. The number of allylic oxidation sites excluding steroid dienone is 4. The van der Waals surface area contributed by atoms with E-state index in [1.54, 1.807) is 0 Å². The second-order valence-corrected chi connectivity index (χ2v) is 3.81. The van der Waals surface area contributed by atoms with Gasteiger partial charge in [-0.25, -0.2) is 0 Å². The van der Waals surface area contributed by atoms with Crippen LogP contribution in [0.15, 0.2) is 42.0 Å². The number of Topliss-reactive ketones (excluding diaryl/α,β-unsaturated/α-hetero) is 1. The minimum atomic E-state index is 0.0153. The van der Waals surface area contributed by atoms with E-state index in [0.717, 1.165) is 16.7 Å². The SMILES string of the molecule is [N-]=[N+]=C1C2=C(C=CCC2=O)c2ccccc21. The molecule has 3 heteroatoms. The first-order valence-electron chi connectivity index (χ1n) is 5.09. The summed E-state index contributed by atoms with van der Waals surface area (Å²) in [4.78, 5) is 15.1. The van der Waals surface area contributed by atoms with Crippen LogP contribution in [0.3, 0.4) is 0 Å². The average Bonchev–Trinajstić information content (AvgIpc) is 2.65. The van der Waals surface area contributed by atoms with Crippen LogP contribution in [-0.2, 0) is 4.79 Å². The van der Waals surface area contributed by atoms with Gasteiger partial charge in [0.25, 0.3) is 0 Å². The smallest absolute Gasteiger partial charge is 0.334 e. The third-order valence-corrected chi connectivity index (χ3v) is 2.95. The first-order valence-corrected chi connectivity index (χ1v) is 5.09. The predicted molar refractivity (Wildman–Crippen MR) is 59.9 cm³/mol. The van der Waals surface area contributed by atoms with E-state index < -0.39 is 0 Å². The molecule has 3 rings (SSSR count). The topological polar surface area (TPSA) is 53.5 Å². The number of hydrogen-bond donors (Lipinski definition) is 0. The van der Waals surface area contributed by atoms with Gasteiger partial charge in [-0.1, -0.05) is 30.4 Å². The number of rotatable bonds is 0. The average molecular weight is 208 g/mol. The normalized spacial score (nSPS) is 17.2. The zero-order valence-corrected chi connectivity index (χ0v) is 8.47. The van der Waals surface area contributed by atoms with Gasteiger partial charge in [0, 0.05) is 12.0 Å². The second-order valence-electron chi connectivity index (χ2n) is 3.81. The first-order chi connectivity index (χ1) is 7.83. The zero-order valence-electron chi connectivity index (χ0n) is 8.47. The Labute approximate surface area is 92.3 Å². The third kappa shape index (κ3) is 1.01. The molecule has 2 aliphatic carbocycles. The number of nitrogens with zero attached hydrogens (tertiary/aromatic N) is 2. The molecule has 0 unspecified atom stereocenters. The van der Waals surface area contributed by atoms with E-state index in [4.69, 9.17) is 5.53 Å². The highest BCUT2D eigenvalue weighted by Gasteiger charge is 2.37. The van der Waals surface area contributed by atoms with E-state index in [-0.39, 0.29) is 5.78 Å². The number of fused-ring (bicyclic) bond motifs is 2. The van der Waals surface area contributed by atoms with Crippen molar-refractivity contribution in [1.29, 1.82) is 0 Å². The summed E-state index contributed by atoms with van der Waals surface area (Å²) < 4.78 is 0. The minimum Gasteiger partial charge on any atom is -0.361 e. The Bertz CT molecular complexity index is 617. The van der Waals surface area contributed by atoms with Crippen molar-refractivity contribution in [3.05, 3.63) is 58.6 Å². The van der Waals surface area contributed by atoms with Crippen LogP contribution in [0.4, 0.5) is 0 Å². The summed E-state index contributed by atoms with van der Waals surface area (Å²) >= 11 is 0. The largest absolute Gasteiger partial charge is 0.361 e. The molecule has 0 spiro atoms. The number of carbonyl (C=O) groups is 1. The van der Waals surface area contributed by atoms with E-state index in [9.17, 15) is 4.79 Å². The fourth-order valence-electron chi connectivity index (χ4n) is 2.27. The Morgan fingerprint density at radius 2 is 1.94 bits per heavy atom. The molecular formula is C13H8N2O. The van der Waals surface area contributed by atoms with Crippen LogP contribution in [0.25, 0.3) is 11.1 Å². The maximum absolute atomic E-state index is 11.8. The van der Waals surface area contributed by atoms with E-state index >= 15 is 0 Å². The van der Waals surface area contributed by atoms with Crippen molar-refractivity contribution in [2.75, 3.05) is 0 Å². The van der Waals surface area contributed by atoms with Crippen molar-refractivity contribution in [3.8, 4) is 0 Å². The van der Waals surface area contributed by atoms with Crippen molar-refractivity contribution in [1.82, 2.24) is 0 Å². The molecule has 0 saturated carbocycles. The number of hydrogen-bond acceptors (Lipinski definition) is 1. The maximum Gasteiger partial charge on any atom is 0.334 e. The molecule has 0 heterocycles. The monoisotopic (exact) mass is 208 g/mol. The molecule has 0 fully saturated rings. The van der Waals surface area contributed by atoms with E-state index in [0.29, 0.717) is 17.7 Å². The van der Waals surface area contributed by atoms with Gasteiger partial charge in [-0.3, -0.25) is 4.79 Å². The summed E-state index contributed by atoms with van der Waals surface area (Å²) in [5, 5.41) is 0. The van der Waals surface area contributed by atoms with Gasteiger partial charge in [0.15, 0.2) is 5.78 Å². The molecular weight excluding hydrogens is 200 g/mol. The van der Waals surface area contributed by atoms with Crippen molar-refractivity contribution in [2.24, 2.45) is 0 Å². The van der Waals surface area contributed by atoms with Gasteiger partial charge < -0.3 is 5.53 Å². The van der Waals surface area contributed by atoms with Crippen LogP contribution in [0.1, 0.15) is 17.5 Å². The molecule has 0 N–H and O–H groups in total. The van der Waals surface area contributed by atoms with E-state index in [2.05, 4.69) is 4.79 Å². The Morgan fingerprint density at radius 3 is 2.69 bits per heavy atom. The second kappa shape index (κ2) is 3.12. The van der Waals surface area contributed by atoms with Crippen LogP contribution < -0.4 is 0 Å². The summed E-state index contributed by atoms with van der Waals surface area (Å²) in [5.41, 5.74) is 12.7. The standard InChI is InChI=1S/C13H8N2O/c14-15-13-10-5-2-1-4-8(10)9-6-3-7-11(16)12(9)13/h1-6H,7H2. The third-order valence-electron chi connectivity index (χ3n) is 2.95. The summed E-state index contributed by atoms with van der Waals surface area (Å²) in [6.07, 6.45) is 4.15. The molecule has 3 nitrogen and oxygen atoms in total. The lowest BCUT2D eigenvalue weighted by Crippen LogP contribution is -2.13. The van der Waals surface area contributed by atoms with E-state index in [1.165, 1.54) is 0 Å². The molecule has 0 aliphatic heterocycles. The molecule has 1 aromatic rings. The molecule has 16 heavy (non-hydrogen) atoms. The molecule has 1 aromatic carbocycles. The Kier molecular flexibility index (Phi) is 1.76. The van der Waals surface area contributed by atoms with Crippen LogP contribution in [0.2, 0.25) is 0 Å². The summed E-state index contributed by atoms with van der Waals surface area (Å²) in [6.45, 7) is 0. The molecule has 2 aliphatic rings. The fraction of sp³-hybridized carbons (Fsp3) is 0.0769. The summed E-state index contributed by atoms with van der Waals surface area (Å²) in [5.74, 6) is 0.0153. The van der Waals surface area contributed by atoms with Crippen LogP contribution in [0.5, 0.6) is 0 Å². The molecule has 0 aromatic heterocycles. The Morgan fingerprint density at radius 1 is 1.19 bits per heavy atom. The highest BCUT2D eigenvalue weighted by atomic mass is 16.1. The lowest BCUT2D eigenvalue weighted by Gasteiger charge is -2.04. The number of ketones is 1. The van der Waals surface area contributed by atoms with E-state index in [1.807, 2.05) is 36.4 Å². The lowest BCUT2D eigenvalue weighted by atomic mass is 9.96. The molecule has 0 radical (unpaired) electrons. The zero-order chi connectivity index (χ0) is 11.1. The Hall–Kier alpha value is -2.25. The first kappa shape index (κ1) is 9.01. The van der Waals surface area contributed by atoms with Crippen LogP contribution >= 0.6 is 0 Å². The fourth-order valence-corrected chi connectivity index (χ4v) is 2.27. The predicted octanol–water partition coefficient (Wildman–Crippen LogP) is 2.00. The maximum atomic E-state index is 11.8. The number of benzene rings is 1. The van der Waals surface area contributed by atoms with Crippen molar-refractivity contribution < 1.29 is 9.58 Å². The van der Waals surface area contributed by atoms with Crippen molar-refractivity contribution in [2.45, 2.75) is 6.42 Å². The lowest BCUT2D eigenvalue weighted by molar-refractivity contribution is -0.114. The van der Waals surface area contributed by atoms with Gasteiger partial charge in [-0.2, -0.15) is 4.79 Å². The Balaban J connectivity index is 2.38. The van der Waals surface area contributed by atoms with Gasteiger partial charge in [-0.15, -0.1) is 0 Å². The molecule has 76 valence electrons. The number of carbonyl (C=O) groups excluding carboxylic acids is 1. The van der Waals surface area contributed by atoms with Gasteiger partial charge in [0.1, 0.15) is 5.57 Å².